The zero-order valence-corrected chi connectivity index (χ0v) is 17.2. The zero-order chi connectivity index (χ0) is 22.0. The lowest BCUT2D eigenvalue weighted by Gasteiger charge is -2.19. The molecule has 0 fully saturated rings. The number of amides is 1. The average Bonchev–Trinajstić information content (AvgIpc) is 2.80. The van der Waals surface area contributed by atoms with Crippen molar-refractivity contribution in [2.45, 2.75) is 19.9 Å². The Morgan fingerprint density at radius 2 is 1.52 bits per heavy atom. The van der Waals surface area contributed by atoms with E-state index in [0.29, 0.717) is 22.1 Å². The van der Waals surface area contributed by atoms with Gasteiger partial charge in [-0.2, -0.15) is 0 Å². The fraction of sp³-hybridized carbons (Fsp3) is 0.115. The fourth-order valence-corrected chi connectivity index (χ4v) is 3.57. The highest BCUT2D eigenvalue weighted by atomic mass is 16.4. The maximum Gasteiger partial charge on any atom is 0.337 e. The molecule has 5 nitrogen and oxygen atoms in total. The number of fused-ring (bicyclic) bond motifs is 1. The van der Waals surface area contributed by atoms with Gasteiger partial charge in [0.1, 0.15) is 11.6 Å². The van der Waals surface area contributed by atoms with Crippen molar-refractivity contribution in [1.82, 2.24) is 5.32 Å². The number of carbonyl (C=O) groups excluding carboxylic acids is 2. The van der Waals surface area contributed by atoms with Crippen LogP contribution in [0.1, 0.15) is 43.4 Å². The standard InChI is InChI=1S/C26H21NO4/c1-16-13-14-20-21(15-22(28)31-25(20)17(16)2)26(30)27-23(18-9-5-3-6-10-18)24(29)19-11-7-4-8-12-19/h3-15,23H,1-2H3,(H,27,30). The third-order valence-corrected chi connectivity index (χ3v) is 5.41. The number of carbonyl (C=O) groups is 2. The summed E-state index contributed by atoms with van der Waals surface area (Å²) in [6.45, 7) is 3.75. The summed E-state index contributed by atoms with van der Waals surface area (Å²) < 4.78 is 5.37. The van der Waals surface area contributed by atoms with Crippen molar-refractivity contribution in [2.24, 2.45) is 0 Å². The number of benzene rings is 3. The van der Waals surface area contributed by atoms with Crippen molar-refractivity contribution in [1.29, 1.82) is 0 Å². The number of Topliss-reactive ketones (excluding diaryl/α,β-unsaturated/α-hetero) is 1. The van der Waals surface area contributed by atoms with E-state index in [9.17, 15) is 14.4 Å². The van der Waals surface area contributed by atoms with Gasteiger partial charge in [0, 0.05) is 17.0 Å². The molecule has 31 heavy (non-hydrogen) atoms. The Balaban J connectivity index is 1.78. The van der Waals surface area contributed by atoms with Crippen molar-refractivity contribution in [3.63, 3.8) is 0 Å². The van der Waals surface area contributed by atoms with Crippen molar-refractivity contribution in [2.75, 3.05) is 0 Å². The quantitative estimate of drug-likeness (QED) is 0.379. The Morgan fingerprint density at radius 3 is 2.19 bits per heavy atom. The number of ketones is 1. The van der Waals surface area contributed by atoms with E-state index in [-0.39, 0.29) is 11.3 Å². The van der Waals surface area contributed by atoms with Crippen molar-refractivity contribution in [3.8, 4) is 0 Å². The molecule has 3 aromatic carbocycles. The molecular weight excluding hydrogens is 390 g/mol. The maximum absolute atomic E-state index is 13.3. The van der Waals surface area contributed by atoms with Gasteiger partial charge in [-0.25, -0.2) is 4.79 Å². The highest BCUT2D eigenvalue weighted by molar-refractivity contribution is 6.09. The Kier molecular flexibility index (Phi) is 5.50. The molecule has 0 saturated carbocycles. The van der Waals surface area contributed by atoms with Gasteiger partial charge >= 0.3 is 5.63 Å². The lowest BCUT2D eigenvalue weighted by Crippen LogP contribution is -2.34. The van der Waals surface area contributed by atoms with E-state index in [1.54, 1.807) is 42.5 Å². The maximum atomic E-state index is 13.3. The second-order valence-electron chi connectivity index (χ2n) is 7.41. The van der Waals surface area contributed by atoms with E-state index in [1.807, 2.05) is 44.2 Å². The Hall–Kier alpha value is -3.99. The molecule has 0 bridgehead atoms. The number of hydrogen-bond donors (Lipinski definition) is 1. The summed E-state index contributed by atoms with van der Waals surface area (Å²) in [5.74, 6) is -0.751. The molecule has 1 atom stereocenters. The molecule has 4 rings (SSSR count). The van der Waals surface area contributed by atoms with E-state index in [0.717, 1.165) is 11.1 Å². The largest absolute Gasteiger partial charge is 0.422 e. The predicted molar refractivity (Wildman–Crippen MR) is 119 cm³/mol. The molecule has 1 amide bonds. The summed E-state index contributed by atoms with van der Waals surface area (Å²) in [6, 6.07) is 21.7. The minimum absolute atomic E-state index is 0.177. The van der Waals surface area contributed by atoms with Gasteiger partial charge in [-0.15, -0.1) is 0 Å². The lowest BCUT2D eigenvalue weighted by molar-refractivity contribution is 0.0857. The summed E-state index contributed by atoms with van der Waals surface area (Å²) in [5, 5.41) is 3.36. The summed E-state index contributed by atoms with van der Waals surface area (Å²) in [4.78, 5) is 38.7. The van der Waals surface area contributed by atoms with Crippen molar-refractivity contribution in [3.05, 3.63) is 117 Å². The van der Waals surface area contributed by atoms with Crippen LogP contribution in [0.3, 0.4) is 0 Å². The molecule has 1 N–H and O–H groups in total. The van der Waals surface area contributed by atoms with Gasteiger partial charge in [-0.3, -0.25) is 9.59 Å². The molecule has 0 aliphatic heterocycles. The molecule has 4 aromatic rings. The smallest absolute Gasteiger partial charge is 0.337 e. The zero-order valence-electron chi connectivity index (χ0n) is 17.2. The number of hydrogen-bond acceptors (Lipinski definition) is 4. The van der Waals surface area contributed by atoms with E-state index in [4.69, 9.17) is 4.42 Å². The SMILES string of the molecule is Cc1ccc2c(C(=O)NC(C(=O)c3ccccc3)c3ccccc3)cc(=O)oc2c1C. The molecule has 1 aromatic heterocycles. The molecule has 1 heterocycles. The third-order valence-electron chi connectivity index (χ3n) is 5.41. The van der Waals surface area contributed by atoms with Crippen LogP contribution in [0.25, 0.3) is 11.0 Å². The van der Waals surface area contributed by atoms with Crippen LogP contribution in [0.2, 0.25) is 0 Å². The molecule has 0 spiro atoms. The van der Waals surface area contributed by atoms with Gasteiger partial charge in [0.15, 0.2) is 5.78 Å². The summed E-state index contributed by atoms with van der Waals surface area (Å²) in [7, 11) is 0. The Labute approximate surface area is 179 Å². The predicted octanol–water partition coefficient (Wildman–Crippen LogP) is 4.76. The normalized spacial score (nSPS) is 11.8. The molecule has 0 aliphatic carbocycles. The molecule has 0 saturated heterocycles. The summed E-state index contributed by atoms with van der Waals surface area (Å²) >= 11 is 0. The van der Waals surface area contributed by atoms with Crippen LogP contribution in [0.15, 0.2) is 88.1 Å². The van der Waals surface area contributed by atoms with Gasteiger partial charge in [0.2, 0.25) is 0 Å². The average molecular weight is 411 g/mol. The van der Waals surface area contributed by atoms with Crippen LogP contribution in [-0.4, -0.2) is 11.7 Å². The van der Waals surface area contributed by atoms with Crippen LogP contribution in [0.4, 0.5) is 0 Å². The van der Waals surface area contributed by atoms with Crippen LogP contribution in [-0.2, 0) is 0 Å². The minimum Gasteiger partial charge on any atom is -0.422 e. The number of rotatable bonds is 5. The first-order valence-corrected chi connectivity index (χ1v) is 9.95. The second-order valence-corrected chi connectivity index (χ2v) is 7.41. The molecule has 5 heteroatoms. The van der Waals surface area contributed by atoms with Crippen LogP contribution in [0.5, 0.6) is 0 Å². The van der Waals surface area contributed by atoms with E-state index in [1.165, 1.54) is 6.07 Å². The van der Waals surface area contributed by atoms with E-state index >= 15 is 0 Å². The Morgan fingerprint density at radius 1 is 0.871 bits per heavy atom. The van der Waals surface area contributed by atoms with Gasteiger partial charge < -0.3 is 9.73 Å². The Bertz CT molecular complexity index is 1320. The second kappa shape index (κ2) is 8.40. The van der Waals surface area contributed by atoms with Gasteiger partial charge in [0.05, 0.1) is 5.56 Å². The highest BCUT2D eigenvalue weighted by Crippen LogP contribution is 2.25. The van der Waals surface area contributed by atoms with E-state index in [2.05, 4.69) is 5.32 Å². The van der Waals surface area contributed by atoms with Gasteiger partial charge in [-0.05, 0) is 30.5 Å². The summed E-state index contributed by atoms with van der Waals surface area (Å²) in [5.41, 5.74) is 2.83. The molecular formula is C26H21NO4. The first-order valence-electron chi connectivity index (χ1n) is 9.95. The number of nitrogens with one attached hydrogen (secondary N) is 1. The minimum atomic E-state index is -0.898. The number of aryl methyl sites for hydroxylation is 2. The topological polar surface area (TPSA) is 76.4 Å². The van der Waals surface area contributed by atoms with Gasteiger partial charge in [0.25, 0.3) is 5.91 Å². The third kappa shape index (κ3) is 4.03. The molecule has 1 unspecified atom stereocenters. The summed E-state index contributed by atoms with van der Waals surface area (Å²) in [6.07, 6.45) is 0. The van der Waals surface area contributed by atoms with Gasteiger partial charge in [-0.1, -0.05) is 72.8 Å². The van der Waals surface area contributed by atoms with Crippen LogP contribution >= 0.6 is 0 Å². The first-order chi connectivity index (χ1) is 15.0. The monoisotopic (exact) mass is 411 g/mol. The van der Waals surface area contributed by atoms with Crippen molar-refractivity contribution >= 4 is 22.7 Å². The fourth-order valence-electron chi connectivity index (χ4n) is 3.57. The lowest BCUT2D eigenvalue weighted by atomic mass is 9.96. The molecule has 0 radical (unpaired) electrons. The highest BCUT2D eigenvalue weighted by Gasteiger charge is 2.26. The first kappa shape index (κ1) is 20.3. The van der Waals surface area contributed by atoms with Crippen LogP contribution in [0, 0.1) is 13.8 Å². The molecule has 0 aliphatic rings. The van der Waals surface area contributed by atoms with Crippen molar-refractivity contribution < 1.29 is 14.0 Å². The van der Waals surface area contributed by atoms with E-state index < -0.39 is 17.6 Å². The molecule has 154 valence electrons. The van der Waals surface area contributed by atoms with Crippen LogP contribution < -0.4 is 10.9 Å².